The van der Waals surface area contributed by atoms with Gasteiger partial charge in [0, 0.05) is 24.0 Å². The second kappa shape index (κ2) is 15.0. The van der Waals surface area contributed by atoms with Crippen LogP contribution in [0.5, 0.6) is 0 Å². The second-order valence-corrected chi connectivity index (χ2v) is 13.1. The Balaban J connectivity index is 1.78. The van der Waals surface area contributed by atoms with Gasteiger partial charge in [0.25, 0.3) is 10.0 Å². The Morgan fingerprint density at radius 1 is 0.814 bits per heavy atom. The van der Waals surface area contributed by atoms with E-state index in [2.05, 4.69) is 21.2 Å². The summed E-state index contributed by atoms with van der Waals surface area (Å²) in [5, 5.41) is 2.96. The molecule has 4 aromatic carbocycles. The predicted molar refractivity (Wildman–Crippen MR) is 174 cm³/mol. The van der Waals surface area contributed by atoms with Crippen LogP contribution in [0.2, 0.25) is 0 Å². The topological polar surface area (TPSA) is 86.8 Å². The summed E-state index contributed by atoms with van der Waals surface area (Å²) < 4.78 is 30.0. The number of carbonyl (C=O) groups excluding carboxylic acids is 2. The number of carbonyl (C=O) groups is 2. The summed E-state index contributed by atoms with van der Waals surface area (Å²) in [6, 6.07) is 31.2. The minimum absolute atomic E-state index is 0.0735. The highest BCUT2D eigenvalue weighted by Crippen LogP contribution is 2.25. The van der Waals surface area contributed by atoms with Crippen molar-refractivity contribution in [3.05, 3.63) is 130 Å². The number of nitrogens with one attached hydrogen (secondary N) is 1. The molecule has 0 aromatic heterocycles. The van der Waals surface area contributed by atoms with Gasteiger partial charge in [-0.2, -0.15) is 0 Å². The Morgan fingerprint density at radius 3 is 2.02 bits per heavy atom. The molecule has 1 N–H and O–H groups in total. The molecule has 1 atom stereocenters. The molecule has 0 aliphatic rings. The number of halogens is 1. The molecule has 7 nitrogen and oxygen atoms in total. The van der Waals surface area contributed by atoms with Gasteiger partial charge < -0.3 is 10.2 Å². The van der Waals surface area contributed by atoms with Crippen LogP contribution in [0.4, 0.5) is 5.69 Å². The van der Waals surface area contributed by atoms with E-state index >= 15 is 0 Å². The summed E-state index contributed by atoms with van der Waals surface area (Å²) in [7, 11) is -4.11. The number of hydrogen-bond acceptors (Lipinski definition) is 4. The van der Waals surface area contributed by atoms with Gasteiger partial charge in [0.15, 0.2) is 0 Å². The van der Waals surface area contributed by atoms with Gasteiger partial charge in [-0.05, 0) is 60.9 Å². The zero-order valence-corrected chi connectivity index (χ0v) is 26.7. The fourth-order valence-corrected chi connectivity index (χ4v) is 6.37. The maximum absolute atomic E-state index is 14.4. The molecule has 0 saturated carbocycles. The van der Waals surface area contributed by atoms with Crippen molar-refractivity contribution < 1.29 is 18.0 Å². The lowest BCUT2D eigenvalue weighted by Gasteiger charge is -2.34. The highest BCUT2D eigenvalue weighted by atomic mass is 79.9. The summed E-state index contributed by atoms with van der Waals surface area (Å²) in [6.45, 7) is 3.97. The molecule has 0 unspecified atom stereocenters. The average Bonchev–Trinajstić information content (AvgIpc) is 3.02. The number of benzene rings is 4. The minimum Gasteiger partial charge on any atom is -0.354 e. The van der Waals surface area contributed by atoms with E-state index < -0.39 is 28.5 Å². The molecule has 0 aliphatic heterocycles. The summed E-state index contributed by atoms with van der Waals surface area (Å²) in [5.41, 5.74) is 3.02. The highest BCUT2D eigenvalue weighted by molar-refractivity contribution is 9.10. The summed E-state index contributed by atoms with van der Waals surface area (Å²) in [5.74, 6) is -0.778. The molecule has 0 bridgehead atoms. The normalized spacial score (nSPS) is 11.9. The van der Waals surface area contributed by atoms with Crippen LogP contribution >= 0.6 is 15.9 Å². The molecule has 0 aliphatic carbocycles. The van der Waals surface area contributed by atoms with Crippen molar-refractivity contribution >= 4 is 43.5 Å². The van der Waals surface area contributed by atoms with E-state index in [0.29, 0.717) is 12.2 Å². The third-order valence-corrected chi connectivity index (χ3v) is 9.34. The van der Waals surface area contributed by atoms with Crippen LogP contribution in [-0.2, 0) is 32.6 Å². The third kappa shape index (κ3) is 8.55. The lowest BCUT2D eigenvalue weighted by molar-refractivity contribution is -0.140. The van der Waals surface area contributed by atoms with Crippen LogP contribution in [0.1, 0.15) is 30.0 Å². The maximum Gasteiger partial charge on any atom is 0.264 e. The number of hydrogen-bond donors (Lipinski definition) is 1. The Morgan fingerprint density at radius 2 is 1.42 bits per heavy atom. The minimum atomic E-state index is -4.11. The smallest absolute Gasteiger partial charge is 0.264 e. The monoisotopic (exact) mass is 661 g/mol. The van der Waals surface area contributed by atoms with Crippen LogP contribution in [-0.4, -0.2) is 44.3 Å². The Bertz CT molecular complexity index is 1600. The Labute approximate surface area is 262 Å². The molecular formula is C34H36BrN3O4S. The van der Waals surface area contributed by atoms with E-state index in [-0.39, 0.29) is 23.8 Å². The van der Waals surface area contributed by atoms with E-state index in [9.17, 15) is 18.0 Å². The number of nitrogens with zero attached hydrogens (tertiary/aromatic N) is 2. The quantitative estimate of drug-likeness (QED) is 0.187. The zero-order chi connectivity index (χ0) is 30.8. The van der Waals surface area contributed by atoms with Crippen molar-refractivity contribution in [1.29, 1.82) is 0 Å². The van der Waals surface area contributed by atoms with Crippen LogP contribution in [0.25, 0.3) is 0 Å². The lowest BCUT2D eigenvalue weighted by atomic mass is 10.0. The zero-order valence-electron chi connectivity index (χ0n) is 24.3. The van der Waals surface area contributed by atoms with Gasteiger partial charge in [-0.3, -0.25) is 13.9 Å². The van der Waals surface area contributed by atoms with Crippen molar-refractivity contribution in [3.8, 4) is 0 Å². The molecule has 43 heavy (non-hydrogen) atoms. The van der Waals surface area contributed by atoms with Crippen molar-refractivity contribution in [2.75, 3.05) is 17.4 Å². The van der Waals surface area contributed by atoms with Gasteiger partial charge in [-0.25, -0.2) is 8.42 Å². The van der Waals surface area contributed by atoms with E-state index in [4.69, 9.17) is 0 Å². The molecule has 0 saturated heterocycles. The molecule has 0 spiro atoms. The van der Waals surface area contributed by atoms with Crippen LogP contribution < -0.4 is 9.62 Å². The first-order valence-electron chi connectivity index (χ1n) is 14.2. The maximum atomic E-state index is 14.4. The van der Waals surface area contributed by atoms with Crippen molar-refractivity contribution in [2.24, 2.45) is 0 Å². The van der Waals surface area contributed by atoms with E-state index in [0.717, 1.165) is 31.9 Å². The van der Waals surface area contributed by atoms with E-state index in [1.807, 2.05) is 80.6 Å². The molecule has 0 fully saturated rings. The first kappa shape index (κ1) is 32.0. The van der Waals surface area contributed by atoms with Gasteiger partial charge >= 0.3 is 0 Å². The predicted octanol–water partition coefficient (Wildman–Crippen LogP) is 6.12. The van der Waals surface area contributed by atoms with Crippen molar-refractivity contribution in [2.45, 2.75) is 44.2 Å². The van der Waals surface area contributed by atoms with Crippen molar-refractivity contribution in [3.63, 3.8) is 0 Å². The van der Waals surface area contributed by atoms with Crippen LogP contribution in [0.15, 0.2) is 119 Å². The summed E-state index contributed by atoms with van der Waals surface area (Å²) in [4.78, 5) is 29.6. The Hall–Kier alpha value is -3.95. The van der Waals surface area contributed by atoms with Gasteiger partial charge in [0.1, 0.15) is 12.6 Å². The number of amides is 2. The van der Waals surface area contributed by atoms with Gasteiger partial charge in [0.05, 0.1) is 10.6 Å². The summed E-state index contributed by atoms with van der Waals surface area (Å²) in [6.07, 6.45) is 1.01. The lowest BCUT2D eigenvalue weighted by Crippen LogP contribution is -2.53. The first-order valence-corrected chi connectivity index (χ1v) is 16.4. The first-order chi connectivity index (χ1) is 20.7. The summed E-state index contributed by atoms with van der Waals surface area (Å²) >= 11 is 3.46. The van der Waals surface area contributed by atoms with Crippen LogP contribution in [0.3, 0.4) is 0 Å². The molecule has 0 radical (unpaired) electrons. The highest BCUT2D eigenvalue weighted by Gasteiger charge is 2.34. The Kier molecular flexibility index (Phi) is 11.1. The average molecular weight is 663 g/mol. The number of rotatable bonds is 13. The van der Waals surface area contributed by atoms with Gasteiger partial charge in [-0.15, -0.1) is 0 Å². The third-order valence-electron chi connectivity index (χ3n) is 7.02. The molecule has 4 rings (SSSR count). The number of anilines is 1. The molecule has 224 valence electrons. The molecule has 4 aromatic rings. The SMILES string of the molecule is CCCNC(=O)[C@H](Cc1ccccc1)N(Cc1ccc(Br)cc1)C(=O)CN(c1ccc(C)cc1)S(=O)(=O)c1ccccc1. The van der Waals surface area contributed by atoms with Crippen molar-refractivity contribution in [1.82, 2.24) is 10.2 Å². The van der Waals surface area contributed by atoms with Crippen LogP contribution in [0, 0.1) is 6.92 Å². The molecule has 9 heteroatoms. The standard InChI is InChI=1S/C34H36BrN3O4S/c1-3-22-36-34(40)32(23-27-10-6-4-7-11-27)37(24-28-16-18-29(35)19-17-28)33(39)25-38(30-20-14-26(2)15-21-30)43(41,42)31-12-8-5-9-13-31/h4-21,32H,3,22-25H2,1-2H3,(H,36,40)/t32-/m0/s1. The number of aryl methyl sites for hydroxylation is 1. The molecule has 2 amide bonds. The number of sulfonamides is 1. The van der Waals surface area contributed by atoms with Gasteiger partial charge in [0.2, 0.25) is 11.8 Å². The molecule has 0 heterocycles. The fraction of sp³-hybridized carbons (Fsp3) is 0.235. The van der Waals surface area contributed by atoms with Gasteiger partial charge in [-0.1, -0.05) is 101 Å². The van der Waals surface area contributed by atoms with E-state index in [1.54, 1.807) is 30.3 Å². The second-order valence-electron chi connectivity index (χ2n) is 10.3. The largest absolute Gasteiger partial charge is 0.354 e. The fourth-order valence-electron chi connectivity index (χ4n) is 4.67. The van der Waals surface area contributed by atoms with E-state index in [1.165, 1.54) is 17.0 Å². The molecular weight excluding hydrogens is 626 g/mol.